The molecule has 180 valence electrons. The summed E-state index contributed by atoms with van der Waals surface area (Å²) in [7, 11) is 3.45. The standard InChI is InChI=1S/C32H40O2/c1-21(15-17-29-23(3)19-31(33-9)27(7)25(29)5)13-11-12-14-22(2)16-18-30-24(4)20-32(34-10)28(8)26(30)6/h11-20H,1-10H3/b12-11-,17-15+,18-16+,21-13+,22-14+. The summed E-state index contributed by atoms with van der Waals surface area (Å²) in [5.74, 6) is 1.90. The third kappa shape index (κ3) is 6.63. The van der Waals surface area contributed by atoms with E-state index in [1.165, 1.54) is 55.7 Å². The van der Waals surface area contributed by atoms with Crippen LogP contribution in [0.15, 0.2) is 59.7 Å². The lowest BCUT2D eigenvalue weighted by Crippen LogP contribution is -1.95. The zero-order chi connectivity index (χ0) is 25.4. The van der Waals surface area contributed by atoms with Crippen molar-refractivity contribution in [1.82, 2.24) is 0 Å². The third-order valence-corrected chi connectivity index (χ3v) is 6.51. The van der Waals surface area contributed by atoms with Gasteiger partial charge in [-0.1, -0.05) is 59.8 Å². The van der Waals surface area contributed by atoms with E-state index in [-0.39, 0.29) is 0 Å². The van der Waals surface area contributed by atoms with Gasteiger partial charge in [-0.15, -0.1) is 0 Å². The van der Waals surface area contributed by atoms with Crippen LogP contribution in [0.1, 0.15) is 58.4 Å². The molecule has 34 heavy (non-hydrogen) atoms. The second kappa shape index (κ2) is 12.3. The highest BCUT2D eigenvalue weighted by atomic mass is 16.5. The van der Waals surface area contributed by atoms with Crippen molar-refractivity contribution >= 4 is 12.2 Å². The van der Waals surface area contributed by atoms with Gasteiger partial charge in [-0.05, 0) is 112 Å². The monoisotopic (exact) mass is 456 g/mol. The smallest absolute Gasteiger partial charge is 0.122 e. The summed E-state index contributed by atoms with van der Waals surface area (Å²) < 4.78 is 11.0. The Morgan fingerprint density at radius 1 is 0.588 bits per heavy atom. The van der Waals surface area contributed by atoms with Gasteiger partial charge in [0.2, 0.25) is 0 Å². The first-order valence-electron chi connectivity index (χ1n) is 11.8. The highest BCUT2D eigenvalue weighted by Crippen LogP contribution is 2.29. The molecule has 0 unspecified atom stereocenters. The zero-order valence-corrected chi connectivity index (χ0v) is 22.6. The molecule has 2 rings (SSSR count). The average Bonchev–Trinajstić information content (AvgIpc) is 2.81. The van der Waals surface area contributed by atoms with Crippen molar-refractivity contribution in [2.45, 2.75) is 55.4 Å². The number of allylic oxidation sites excluding steroid dienone is 8. The first kappa shape index (κ1) is 27.0. The van der Waals surface area contributed by atoms with Crippen LogP contribution in [-0.2, 0) is 0 Å². The molecule has 2 aromatic rings. The Morgan fingerprint density at radius 2 is 0.941 bits per heavy atom. The number of rotatable bonds is 8. The summed E-state index contributed by atoms with van der Waals surface area (Å²) in [6.45, 7) is 17.0. The van der Waals surface area contributed by atoms with Gasteiger partial charge < -0.3 is 9.47 Å². The second-order valence-electron chi connectivity index (χ2n) is 8.99. The van der Waals surface area contributed by atoms with Gasteiger partial charge in [-0.3, -0.25) is 0 Å². The van der Waals surface area contributed by atoms with E-state index < -0.39 is 0 Å². The topological polar surface area (TPSA) is 18.5 Å². The fourth-order valence-corrected chi connectivity index (χ4v) is 4.02. The maximum Gasteiger partial charge on any atom is 0.122 e. The normalized spacial score (nSPS) is 13.0. The van der Waals surface area contributed by atoms with Gasteiger partial charge in [0.15, 0.2) is 0 Å². The van der Waals surface area contributed by atoms with Gasteiger partial charge in [0.05, 0.1) is 14.2 Å². The van der Waals surface area contributed by atoms with Crippen molar-refractivity contribution < 1.29 is 9.47 Å². The van der Waals surface area contributed by atoms with Crippen molar-refractivity contribution in [3.63, 3.8) is 0 Å². The van der Waals surface area contributed by atoms with E-state index in [9.17, 15) is 0 Å². The van der Waals surface area contributed by atoms with Crippen LogP contribution in [0.3, 0.4) is 0 Å². The molecule has 0 heterocycles. The Labute approximate surface area is 207 Å². The van der Waals surface area contributed by atoms with E-state index in [4.69, 9.17) is 9.47 Å². The number of hydrogen-bond acceptors (Lipinski definition) is 2. The molecule has 0 fully saturated rings. The zero-order valence-electron chi connectivity index (χ0n) is 22.6. The van der Waals surface area contributed by atoms with Crippen LogP contribution in [0.25, 0.3) is 12.2 Å². The van der Waals surface area contributed by atoms with E-state index in [0.717, 1.165) is 11.5 Å². The number of benzene rings is 2. The molecule has 0 radical (unpaired) electrons. The molecule has 2 nitrogen and oxygen atoms in total. The van der Waals surface area contributed by atoms with Gasteiger partial charge >= 0.3 is 0 Å². The molecular formula is C32H40O2. The van der Waals surface area contributed by atoms with Crippen LogP contribution in [0.2, 0.25) is 0 Å². The van der Waals surface area contributed by atoms with E-state index in [2.05, 4.69) is 116 Å². The highest BCUT2D eigenvalue weighted by molar-refractivity contribution is 5.65. The molecule has 0 aliphatic heterocycles. The van der Waals surface area contributed by atoms with Crippen LogP contribution in [0, 0.1) is 41.5 Å². The third-order valence-electron chi connectivity index (χ3n) is 6.51. The van der Waals surface area contributed by atoms with Crippen molar-refractivity contribution in [2.24, 2.45) is 0 Å². The quantitative estimate of drug-likeness (QED) is 0.370. The predicted octanol–water partition coefficient (Wildman–Crippen LogP) is 8.73. The molecule has 0 N–H and O–H groups in total. The molecule has 0 spiro atoms. The predicted molar refractivity (Wildman–Crippen MR) is 149 cm³/mol. The second-order valence-corrected chi connectivity index (χ2v) is 8.99. The molecule has 0 aromatic heterocycles. The molecule has 2 aromatic carbocycles. The molecule has 2 heteroatoms. The lowest BCUT2D eigenvalue weighted by molar-refractivity contribution is 0.411. The number of hydrogen-bond donors (Lipinski definition) is 0. The lowest BCUT2D eigenvalue weighted by Gasteiger charge is -2.13. The Balaban J connectivity index is 2.11. The summed E-state index contributed by atoms with van der Waals surface area (Å²) in [4.78, 5) is 0. The van der Waals surface area contributed by atoms with Crippen LogP contribution in [-0.4, -0.2) is 14.2 Å². The van der Waals surface area contributed by atoms with Crippen LogP contribution in [0.5, 0.6) is 11.5 Å². The summed E-state index contributed by atoms with van der Waals surface area (Å²) in [5.41, 5.74) is 12.3. The summed E-state index contributed by atoms with van der Waals surface area (Å²) in [5, 5.41) is 0. The minimum absolute atomic E-state index is 0.950. The summed E-state index contributed by atoms with van der Waals surface area (Å²) in [6.07, 6.45) is 17.2. The molecule has 0 aliphatic rings. The molecular weight excluding hydrogens is 416 g/mol. The van der Waals surface area contributed by atoms with Crippen molar-refractivity contribution in [3.8, 4) is 11.5 Å². The number of methoxy groups -OCH3 is 2. The first-order valence-corrected chi connectivity index (χ1v) is 11.8. The van der Waals surface area contributed by atoms with Crippen LogP contribution >= 0.6 is 0 Å². The van der Waals surface area contributed by atoms with Crippen LogP contribution in [0.4, 0.5) is 0 Å². The molecule has 0 aliphatic carbocycles. The maximum absolute atomic E-state index is 5.48. The van der Waals surface area contributed by atoms with E-state index in [0.29, 0.717) is 0 Å². The van der Waals surface area contributed by atoms with Gasteiger partial charge in [-0.25, -0.2) is 0 Å². The van der Waals surface area contributed by atoms with Crippen molar-refractivity contribution in [1.29, 1.82) is 0 Å². The SMILES string of the molecule is COc1cc(C)c(/C=C/C(C)=C/C=C\C=C(C)\C=C\c2c(C)cc(OC)c(C)c2C)c(C)c1C. The molecule has 0 saturated carbocycles. The maximum atomic E-state index is 5.48. The fraction of sp³-hybridized carbons (Fsp3) is 0.312. The summed E-state index contributed by atoms with van der Waals surface area (Å²) >= 11 is 0. The Kier molecular flexibility index (Phi) is 9.74. The Hall–Kier alpha value is -3.26. The van der Waals surface area contributed by atoms with Gasteiger partial charge in [0.25, 0.3) is 0 Å². The average molecular weight is 457 g/mol. The molecule has 0 amide bonds. The first-order chi connectivity index (χ1) is 16.1. The number of ether oxygens (including phenoxy) is 2. The Morgan fingerprint density at radius 3 is 1.26 bits per heavy atom. The van der Waals surface area contributed by atoms with Gasteiger partial charge in [0, 0.05) is 0 Å². The van der Waals surface area contributed by atoms with Crippen LogP contribution < -0.4 is 9.47 Å². The highest BCUT2D eigenvalue weighted by Gasteiger charge is 2.09. The molecule has 0 bridgehead atoms. The van der Waals surface area contributed by atoms with E-state index in [1.807, 2.05) is 0 Å². The van der Waals surface area contributed by atoms with E-state index >= 15 is 0 Å². The van der Waals surface area contributed by atoms with Crippen molar-refractivity contribution in [3.05, 3.63) is 104 Å². The summed E-state index contributed by atoms with van der Waals surface area (Å²) in [6, 6.07) is 4.22. The van der Waals surface area contributed by atoms with E-state index in [1.54, 1.807) is 14.2 Å². The van der Waals surface area contributed by atoms with Crippen molar-refractivity contribution in [2.75, 3.05) is 14.2 Å². The minimum Gasteiger partial charge on any atom is -0.496 e. The minimum atomic E-state index is 0.950. The number of aryl methyl sites for hydroxylation is 2. The largest absolute Gasteiger partial charge is 0.496 e. The lowest BCUT2D eigenvalue weighted by atomic mass is 9.96. The Bertz CT molecular complexity index is 1090. The van der Waals surface area contributed by atoms with Gasteiger partial charge in [0.1, 0.15) is 11.5 Å². The fourth-order valence-electron chi connectivity index (χ4n) is 4.02. The van der Waals surface area contributed by atoms with Gasteiger partial charge in [-0.2, -0.15) is 0 Å². The molecule has 0 saturated heterocycles. The molecule has 0 atom stereocenters.